The summed E-state index contributed by atoms with van der Waals surface area (Å²) in [6.07, 6.45) is 0. The van der Waals surface area contributed by atoms with Crippen LogP contribution in [0, 0.1) is 5.92 Å². The van der Waals surface area contributed by atoms with Crippen molar-refractivity contribution in [2.75, 3.05) is 19.0 Å². The van der Waals surface area contributed by atoms with Crippen LogP contribution < -0.4 is 4.74 Å². The highest BCUT2D eigenvalue weighted by molar-refractivity contribution is 9.09. The van der Waals surface area contributed by atoms with Crippen molar-refractivity contribution in [2.24, 2.45) is 5.92 Å². The fourth-order valence-electron chi connectivity index (χ4n) is 1.15. The molecule has 0 saturated carbocycles. The summed E-state index contributed by atoms with van der Waals surface area (Å²) >= 11 is 3.38. The molecule has 16 heavy (non-hydrogen) atoms. The standard InChI is InChI=1S/C12H15BrO3/c1-9(7-13)8-16-11-6-4-3-5-10(11)12(14)15-2/h3-6,9H,7-8H2,1-2H3. The SMILES string of the molecule is COC(=O)c1ccccc1OCC(C)CBr. The van der Waals surface area contributed by atoms with E-state index in [0.717, 1.165) is 5.33 Å². The average molecular weight is 287 g/mol. The van der Waals surface area contributed by atoms with Crippen LogP contribution in [0.15, 0.2) is 24.3 Å². The van der Waals surface area contributed by atoms with Crippen LogP contribution in [0.1, 0.15) is 17.3 Å². The van der Waals surface area contributed by atoms with Crippen LogP contribution in [0.5, 0.6) is 5.75 Å². The Labute approximate surface area is 104 Å². The lowest BCUT2D eigenvalue weighted by Gasteiger charge is -2.12. The fraction of sp³-hybridized carbons (Fsp3) is 0.417. The molecule has 1 rings (SSSR count). The Bertz CT molecular complexity index is 352. The molecule has 1 unspecified atom stereocenters. The number of halogens is 1. The molecule has 0 N–H and O–H groups in total. The van der Waals surface area contributed by atoms with Gasteiger partial charge in [-0.05, 0) is 18.1 Å². The molecule has 0 aliphatic heterocycles. The Hall–Kier alpha value is -1.03. The van der Waals surface area contributed by atoms with E-state index in [0.29, 0.717) is 23.8 Å². The van der Waals surface area contributed by atoms with E-state index in [1.54, 1.807) is 18.2 Å². The number of para-hydroxylation sites is 1. The maximum absolute atomic E-state index is 11.4. The van der Waals surface area contributed by atoms with E-state index >= 15 is 0 Å². The minimum Gasteiger partial charge on any atom is -0.492 e. The maximum Gasteiger partial charge on any atom is 0.341 e. The quantitative estimate of drug-likeness (QED) is 0.617. The van der Waals surface area contributed by atoms with Crippen molar-refractivity contribution in [1.29, 1.82) is 0 Å². The fourth-order valence-corrected chi connectivity index (χ4v) is 1.33. The second kappa shape index (κ2) is 6.53. The molecular formula is C12H15BrO3. The topological polar surface area (TPSA) is 35.5 Å². The third-order valence-corrected chi connectivity index (χ3v) is 3.18. The number of esters is 1. The number of ether oxygens (including phenoxy) is 2. The van der Waals surface area contributed by atoms with Gasteiger partial charge in [0, 0.05) is 5.33 Å². The molecular weight excluding hydrogens is 272 g/mol. The number of carbonyl (C=O) groups excluding carboxylic acids is 1. The van der Waals surface area contributed by atoms with Crippen LogP contribution in [0.2, 0.25) is 0 Å². The normalized spacial score (nSPS) is 11.9. The van der Waals surface area contributed by atoms with Crippen LogP contribution in [-0.2, 0) is 4.74 Å². The maximum atomic E-state index is 11.4. The van der Waals surface area contributed by atoms with Gasteiger partial charge < -0.3 is 9.47 Å². The van der Waals surface area contributed by atoms with Gasteiger partial charge in [-0.3, -0.25) is 0 Å². The molecule has 0 aliphatic carbocycles. The Balaban J connectivity index is 2.75. The molecule has 88 valence electrons. The highest BCUT2D eigenvalue weighted by atomic mass is 79.9. The third kappa shape index (κ3) is 3.52. The lowest BCUT2D eigenvalue weighted by Crippen LogP contribution is -2.12. The molecule has 0 saturated heterocycles. The van der Waals surface area contributed by atoms with E-state index in [1.165, 1.54) is 7.11 Å². The number of methoxy groups -OCH3 is 1. The van der Waals surface area contributed by atoms with Gasteiger partial charge in [-0.25, -0.2) is 4.79 Å². The first-order valence-corrected chi connectivity index (χ1v) is 6.17. The number of hydrogen-bond acceptors (Lipinski definition) is 3. The summed E-state index contributed by atoms with van der Waals surface area (Å²) in [7, 11) is 1.36. The van der Waals surface area contributed by atoms with Crippen LogP contribution in [0.4, 0.5) is 0 Å². The molecule has 1 atom stereocenters. The van der Waals surface area contributed by atoms with Crippen molar-refractivity contribution in [1.82, 2.24) is 0 Å². The summed E-state index contributed by atoms with van der Waals surface area (Å²) in [4.78, 5) is 11.4. The van der Waals surface area contributed by atoms with Gasteiger partial charge in [0.05, 0.1) is 13.7 Å². The van der Waals surface area contributed by atoms with Gasteiger partial charge in [0.25, 0.3) is 0 Å². The summed E-state index contributed by atoms with van der Waals surface area (Å²) in [6.45, 7) is 2.63. The van der Waals surface area contributed by atoms with Gasteiger partial charge in [0.1, 0.15) is 11.3 Å². The molecule has 0 radical (unpaired) electrons. The average Bonchev–Trinajstić information content (AvgIpc) is 2.35. The molecule has 4 heteroatoms. The molecule has 1 aromatic carbocycles. The summed E-state index contributed by atoms with van der Waals surface area (Å²) in [6, 6.07) is 7.08. The molecule has 3 nitrogen and oxygen atoms in total. The number of hydrogen-bond donors (Lipinski definition) is 0. The van der Waals surface area contributed by atoms with Crippen molar-refractivity contribution in [3.05, 3.63) is 29.8 Å². The Morgan fingerprint density at radius 3 is 2.75 bits per heavy atom. The van der Waals surface area contributed by atoms with Gasteiger partial charge >= 0.3 is 5.97 Å². The van der Waals surface area contributed by atoms with Crippen LogP contribution in [0.25, 0.3) is 0 Å². The first-order valence-electron chi connectivity index (χ1n) is 5.05. The summed E-state index contributed by atoms with van der Waals surface area (Å²) < 4.78 is 10.3. The monoisotopic (exact) mass is 286 g/mol. The van der Waals surface area contributed by atoms with Gasteiger partial charge in [-0.1, -0.05) is 35.0 Å². The van der Waals surface area contributed by atoms with E-state index in [9.17, 15) is 4.79 Å². The van der Waals surface area contributed by atoms with E-state index in [4.69, 9.17) is 4.74 Å². The number of benzene rings is 1. The van der Waals surface area contributed by atoms with Crippen molar-refractivity contribution in [3.8, 4) is 5.75 Å². The zero-order chi connectivity index (χ0) is 12.0. The molecule has 0 aromatic heterocycles. The van der Waals surface area contributed by atoms with Crippen LogP contribution in [0.3, 0.4) is 0 Å². The Morgan fingerprint density at radius 2 is 2.12 bits per heavy atom. The predicted molar refractivity (Wildman–Crippen MR) is 66.2 cm³/mol. The van der Waals surface area contributed by atoms with Crippen molar-refractivity contribution >= 4 is 21.9 Å². The predicted octanol–water partition coefficient (Wildman–Crippen LogP) is 2.88. The zero-order valence-corrected chi connectivity index (χ0v) is 11.0. The number of alkyl halides is 1. The highest BCUT2D eigenvalue weighted by Gasteiger charge is 2.12. The lowest BCUT2D eigenvalue weighted by molar-refractivity contribution is 0.0595. The summed E-state index contributed by atoms with van der Waals surface area (Å²) in [5, 5.41) is 0.868. The van der Waals surface area contributed by atoms with Crippen molar-refractivity contribution in [3.63, 3.8) is 0 Å². The van der Waals surface area contributed by atoms with Gasteiger partial charge in [-0.2, -0.15) is 0 Å². The van der Waals surface area contributed by atoms with E-state index in [-0.39, 0.29) is 5.97 Å². The van der Waals surface area contributed by atoms with Crippen molar-refractivity contribution in [2.45, 2.75) is 6.92 Å². The van der Waals surface area contributed by atoms with Crippen molar-refractivity contribution < 1.29 is 14.3 Å². The summed E-state index contributed by atoms with van der Waals surface area (Å²) in [5.74, 6) is 0.593. The number of rotatable bonds is 5. The third-order valence-electron chi connectivity index (χ3n) is 2.08. The van der Waals surface area contributed by atoms with E-state index in [2.05, 4.69) is 27.6 Å². The molecule has 0 aliphatic rings. The first kappa shape index (κ1) is 13.0. The van der Waals surface area contributed by atoms with Gasteiger partial charge in [0.2, 0.25) is 0 Å². The van der Waals surface area contributed by atoms with Crippen LogP contribution >= 0.6 is 15.9 Å². The minimum absolute atomic E-state index is 0.373. The largest absolute Gasteiger partial charge is 0.492 e. The Morgan fingerprint density at radius 1 is 1.44 bits per heavy atom. The molecule has 0 amide bonds. The van der Waals surface area contributed by atoms with Gasteiger partial charge in [0.15, 0.2) is 0 Å². The molecule has 0 heterocycles. The first-order chi connectivity index (χ1) is 7.69. The highest BCUT2D eigenvalue weighted by Crippen LogP contribution is 2.19. The van der Waals surface area contributed by atoms with E-state index in [1.807, 2.05) is 6.07 Å². The lowest BCUT2D eigenvalue weighted by atomic mass is 10.2. The molecule has 0 fully saturated rings. The Kier molecular flexibility index (Phi) is 5.32. The van der Waals surface area contributed by atoms with Gasteiger partial charge in [-0.15, -0.1) is 0 Å². The molecule has 1 aromatic rings. The molecule has 0 spiro atoms. The van der Waals surface area contributed by atoms with E-state index < -0.39 is 0 Å². The summed E-state index contributed by atoms with van der Waals surface area (Å²) in [5.41, 5.74) is 0.465. The minimum atomic E-state index is -0.373. The zero-order valence-electron chi connectivity index (χ0n) is 9.40. The second-order valence-corrected chi connectivity index (χ2v) is 4.21. The number of carbonyl (C=O) groups is 1. The molecule has 0 bridgehead atoms. The van der Waals surface area contributed by atoms with Crippen LogP contribution in [-0.4, -0.2) is 25.0 Å². The second-order valence-electron chi connectivity index (χ2n) is 3.56. The smallest absolute Gasteiger partial charge is 0.341 e.